The van der Waals surface area contributed by atoms with Gasteiger partial charge in [-0.05, 0) is 38.3 Å². The quantitative estimate of drug-likeness (QED) is 0.850. The molecule has 1 saturated heterocycles. The molecule has 0 bridgehead atoms. The zero-order valence-corrected chi connectivity index (χ0v) is 17.1. The summed E-state index contributed by atoms with van der Waals surface area (Å²) in [5, 5.41) is 9.92. The minimum atomic E-state index is -0.225. The Kier molecular flexibility index (Phi) is 6.45. The molecule has 2 heterocycles. The predicted octanol–water partition coefficient (Wildman–Crippen LogP) is 2.89. The van der Waals surface area contributed by atoms with E-state index in [1.54, 1.807) is 0 Å². The predicted molar refractivity (Wildman–Crippen MR) is 110 cm³/mol. The van der Waals surface area contributed by atoms with Gasteiger partial charge in [0.25, 0.3) is 0 Å². The second-order valence-electron chi connectivity index (χ2n) is 7.61. The molecule has 0 spiro atoms. The van der Waals surface area contributed by atoms with E-state index >= 15 is 0 Å². The van der Waals surface area contributed by atoms with Gasteiger partial charge < -0.3 is 10.0 Å². The Morgan fingerprint density at radius 3 is 2.41 bits per heavy atom. The van der Waals surface area contributed by atoms with Crippen molar-refractivity contribution in [3.63, 3.8) is 0 Å². The lowest BCUT2D eigenvalue weighted by atomic mass is 9.99. The molecule has 0 amide bonds. The molecule has 1 aromatic heterocycles. The smallest absolute Gasteiger partial charge is 0.136 e. The van der Waals surface area contributed by atoms with Crippen LogP contribution in [-0.4, -0.2) is 58.8 Å². The minimum Gasteiger partial charge on any atom is -0.392 e. The van der Waals surface area contributed by atoms with Gasteiger partial charge in [0, 0.05) is 50.4 Å². The van der Waals surface area contributed by atoms with Crippen LogP contribution < -0.4 is 4.90 Å². The van der Waals surface area contributed by atoms with Crippen LogP contribution in [0.5, 0.6) is 0 Å². The molecule has 27 heavy (non-hydrogen) atoms. The van der Waals surface area contributed by atoms with Crippen LogP contribution in [0.15, 0.2) is 24.3 Å². The lowest BCUT2D eigenvalue weighted by Crippen LogP contribution is -2.49. The van der Waals surface area contributed by atoms with Crippen molar-refractivity contribution < 1.29 is 5.11 Å². The number of hydrogen-bond donors (Lipinski definition) is 1. The van der Waals surface area contributed by atoms with Gasteiger partial charge in [0.1, 0.15) is 11.6 Å². The van der Waals surface area contributed by atoms with E-state index in [0.717, 1.165) is 62.9 Å². The molecule has 1 N–H and O–H groups in total. The van der Waals surface area contributed by atoms with Crippen molar-refractivity contribution in [3.8, 4) is 0 Å². The Bertz CT molecular complexity index is 769. The van der Waals surface area contributed by atoms with Crippen molar-refractivity contribution in [1.82, 2.24) is 14.9 Å². The Hall–Kier alpha value is -1.98. The maximum absolute atomic E-state index is 9.92. The molecule has 1 fully saturated rings. The van der Waals surface area contributed by atoms with Crippen LogP contribution in [0.1, 0.15) is 41.6 Å². The summed E-state index contributed by atoms with van der Waals surface area (Å²) < 4.78 is 0. The number of benzene rings is 1. The Labute approximate surface area is 163 Å². The summed E-state index contributed by atoms with van der Waals surface area (Å²) in [6.45, 7) is 12.8. The molecule has 0 aliphatic carbocycles. The Morgan fingerprint density at radius 1 is 1.04 bits per heavy atom. The first-order valence-corrected chi connectivity index (χ1v) is 10.0. The molecule has 5 heteroatoms. The van der Waals surface area contributed by atoms with Crippen molar-refractivity contribution in [1.29, 1.82) is 0 Å². The summed E-state index contributed by atoms with van der Waals surface area (Å²) in [6, 6.07) is 8.55. The number of β-amino-alcohol motifs (C(OH)–C–C–N with tert-alkyl or cyclic N) is 1. The van der Waals surface area contributed by atoms with Crippen LogP contribution in [0.25, 0.3) is 0 Å². The van der Waals surface area contributed by atoms with E-state index < -0.39 is 0 Å². The fraction of sp³-hybridized carbons (Fsp3) is 0.545. The fourth-order valence-electron chi connectivity index (χ4n) is 3.75. The third-order valence-corrected chi connectivity index (χ3v) is 5.54. The van der Waals surface area contributed by atoms with Gasteiger partial charge >= 0.3 is 0 Å². The highest BCUT2D eigenvalue weighted by Crippen LogP contribution is 2.26. The monoisotopic (exact) mass is 368 g/mol. The van der Waals surface area contributed by atoms with Crippen molar-refractivity contribution in [3.05, 3.63) is 52.5 Å². The van der Waals surface area contributed by atoms with Crippen molar-refractivity contribution in [2.24, 2.45) is 0 Å². The summed E-state index contributed by atoms with van der Waals surface area (Å²) in [4.78, 5) is 14.2. The first-order valence-electron chi connectivity index (χ1n) is 10.0. The molecule has 2 aromatic rings. The van der Waals surface area contributed by atoms with E-state index in [0.29, 0.717) is 0 Å². The maximum Gasteiger partial charge on any atom is 0.136 e. The number of nitrogens with zero attached hydrogens (tertiary/aromatic N) is 4. The van der Waals surface area contributed by atoms with E-state index in [1.165, 1.54) is 16.7 Å². The molecule has 0 radical (unpaired) electrons. The molecule has 1 atom stereocenters. The van der Waals surface area contributed by atoms with E-state index in [2.05, 4.69) is 52.9 Å². The van der Waals surface area contributed by atoms with Gasteiger partial charge in [0.2, 0.25) is 0 Å². The second-order valence-corrected chi connectivity index (χ2v) is 7.61. The lowest BCUT2D eigenvalue weighted by Gasteiger charge is -2.37. The maximum atomic E-state index is 9.92. The molecule has 1 aliphatic rings. The molecular formula is C22H32N4O. The molecule has 3 rings (SSSR count). The summed E-state index contributed by atoms with van der Waals surface area (Å²) in [7, 11) is 0. The first-order chi connectivity index (χ1) is 13.0. The molecule has 1 aliphatic heterocycles. The Balaban J connectivity index is 1.80. The van der Waals surface area contributed by atoms with E-state index in [9.17, 15) is 5.11 Å². The topological polar surface area (TPSA) is 52.5 Å². The summed E-state index contributed by atoms with van der Waals surface area (Å²) in [6.07, 6.45) is 1.45. The van der Waals surface area contributed by atoms with Crippen LogP contribution in [0, 0.1) is 20.8 Å². The number of hydrogen-bond acceptors (Lipinski definition) is 5. The van der Waals surface area contributed by atoms with Crippen LogP contribution in [0.4, 0.5) is 5.82 Å². The molecular weight excluding hydrogens is 336 g/mol. The van der Waals surface area contributed by atoms with Crippen molar-refractivity contribution >= 4 is 5.82 Å². The highest BCUT2D eigenvalue weighted by Gasteiger charge is 2.23. The zero-order chi connectivity index (χ0) is 19.4. The van der Waals surface area contributed by atoms with Crippen molar-refractivity contribution in [2.75, 3.05) is 37.6 Å². The third-order valence-electron chi connectivity index (χ3n) is 5.54. The normalized spacial score (nSPS) is 16.6. The zero-order valence-electron chi connectivity index (χ0n) is 17.1. The number of aliphatic hydroxyl groups excluding tert-OH is 1. The average molecular weight is 369 g/mol. The highest BCUT2D eigenvalue weighted by molar-refractivity contribution is 5.52. The van der Waals surface area contributed by atoms with Gasteiger partial charge in [-0.25, -0.2) is 9.97 Å². The van der Waals surface area contributed by atoms with Crippen LogP contribution >= 0.6 is 0 Å². The van der Waals surface area contributed by atoms with Gasteiger partial charge in [-0.15, -0.1) is 0 Å². The fourth-order valence-corrected chi connectivity index (χ4v) is 3.75. The number of anilines is 1. The SMILES string of the molecule is CCC(O)CN1CCN(c2nc(C)nc(C)c2Cc2ccccc2C)CC1. The standard InChI is InChI=1S/C22H32N4O/c1-5-20(27)15-25-10-12-26(13-11-25)22-21(17(3)23-18(4)24-22)14-19-9-7-6-8-16(19)2/h6-9,20,27H,5,10-15H2,1-4H3. The number of rotatable bonds is 6. The summed E-state index contributed by atoms with van der Waals surface area (Å²) >= 11 is 0. The molecule has 1 unspecified atom stereocenters. The highest BCUT2D eigenvalue weighted by atomic mass is 16.3. The molecule has 5 nitrogen and oxygen atoms in total. The van der Waals surface area contributed by atoms with Gasteiger partial charge in [-0.1, -0.05) is 31.2 Å². The van der Waals surface area contributed by atoms with E-state index in [-0.39, 0.29) is 6.10 Å². The van der Waals surface area contributed by atoms with E-state index in [1.807, 2.05) is 13.8 Å². The van der Waals surface area contributed by atoms with Crippen LogP contribution in [0.2, 0.25) is 0 Å². The second kappa shape index (κ2) is 8.81. The third kappa shape index (κ3) is 4.85. The number of aromatic nitrogens is 2. The lowest BCUT2D eigenvalue weighted by molar-refractivity contribution is 0.106. The summed E-state index contributed by atoms with van der Waals surface area (Å²) in [5.41, 5.74) is 4.95. The van der Waals surface area contributed by atoms with Gasteiger partial charge in [0.05, 0.1) is 6.10 Å². The Morgan fingerprint density at radius 2 is 1.74 bits per heavy atom. The van der Waals surface area contributed by atoms with Crippen LogP contribution in [0.3, 0.4) is 0 Å². The van der Waals surface area contributed by atoms with Crippen molar-refractivity contribution in [2.45, 2.75) is 46.6 Å². The number of aryl methyl sites for hydroxylation is 3. The number of aliphatic hydroxyl groups is 1. The minimum absolute atomic E-state index is 0.225. The molecule has 1 aromatic carbocycles. The average Bonchev–Trinajstić information content (AvgIpc) is 2.65. The summed E-state index contributed by atoms with van der Waals surface area (Å²) in [5.74, 6) is 1.92. The molecule has 146 valence electrons. The van der Waals surface area contributed by atoms with E-state index in [4.69, 9.17) is 4.98 Å². The first kappa shape index (κ1) is 19.8. The van der Waals surface area contributed by atoms with Gasteiger partial charge in [-0.2, -0.15) is 0 Å². The van der Waals surface area contributed by atoms with Gasteiger partial charge in [0.15, 0.2) is 0 Å². The molecule has 0 saturated carbocycles. The number of piperazine rings is 1. The van der Waals surface area contributed by atoms with Gasteiger partial charge in [-0.3, -0.25) is 4.90 Å². The van der Waals surface area contributed by atoms with Crippen LogP contribution in [-0.2, 0) is 6.42 Å². The largest absolute Gasteiger partial charge is 0.392 e.